The van der Waals surface area contributed by atoms with Crippen LogP contribution in [0.2, 0.25) is 0 Å². The molecule has 1 aromatic carbocycles. The Morgan fingerprint density at radius 3 is 2.67 bits per heavy atom. The first kappa shape index (κ1) is 13.0. The van der Waals surface area contributed by atoms with Crippen LogP contribution in [0.1, 0.15) is 17.2 Å². The molecule has 18 heavy (non-hydrogen) atoms. The van der Waals surface area contributed by atoms with Gasteiger partial charge in [0.05, 0.1) is 11.6 Å². The molecule has 1 atom stereocenters. The molecule has 0 aliphatic heterocycles. The van der Waals surface area contributed by atoms with Crippen molar-refractivity contribution in [3.8, 4) is 5.75 Å². The van der Waals surface area contributed by atoms with Gasteiger partial charge in [0.15, 0.2) is 0 Å². The van der Waals surface area contributed by atoms with E-state index < -0.39 is 0 Å². The zero-order chi connectivity index (χ0) is 13.0. The maximum atomic E-state index is 6.12. The Bertz CT molecular complexity index is 519. The molecule has 2 rings (SSSR count). The van der Waals surface area contributed by atoms with Gasteiger partial charge in [-0.3, -0.25) is 0 Å². The van der Waals surface area contributed by atoms with E-state index in [1.807, 2.05) is 18.2 Å². The second-order valence-corrected chi connectivity index (χ2v) is 4.81. The molecule has 2 aromatic rings. The third kappa shape index (κ3) is 3.05. The van der Waals surface area contributed by atoms with Crippen molar-refractivity contribution >= 4 is 15.9 Å². The van der Waals surface area contributed by atoms with Crippen molar-refractivity contribution in [2.45, 2.75) is 12.5 Å². The van der Waals surface area contributed by atoms with Gasteiger partial charge >= 0.3 is 0 Å². The Kier molecular flexibility index (Phi) is 4.28. The number of nitrogens with zero attached hydrogens (tertiary/aromatic N) is 2. The Morgan fingerprint density at radius 2 is 2.06 bits per heavy atom. The van der Waals surface area contributed by atoms with Crippen LogP contribution in [0.4, 0.5) is 0 Å². The van der Waals surface area contributed by atoms with Gasteiger partial charge < -0.3 is 10.5 Å². The lowest BCUT2D eigenvalue weighted by atomic mass is 10.0. The zero-order valence-electron chi connectivity index (χ0n) is 10.0. The largest absolute Gasteiger partial charge is 0.496 e. The van der Waals surface area contributed by atoms with Gasteiger partial charge in [-0.05, 0) is 40.0 Å². The van der Waals surface area contributed by atoms with E-state index in [0.717, 1.165) is 27.8 Å². The Hall–Kier alpha value is -1.46. The molecular formula is C13H14BrN3O. The van der Waals surface area contributed by atoms with Crippen molar-refractivity contribution < 1.29 is 4.74 Å². The molecule has 0 aliphatic carbocycles. The first-order valence-corrected chi connectivity index (χ1v) is 6.33. The van der Waals surface area contributed by atoms with Gasteiger partial charge in [-0.15, -0.1) is 0 Å². The molecule has 0 radical (unpaired) electrons. The van der Waals surface area contributed by atoms with E-state index in [4.69, 9.17) is 10.5 Å². The number of aromatic nitrogens is 2. The summed E-state index contributed by atoms with van der Waals surface area (Å²) < 4.78 is 6.12. The van der Waals surface area contributed by atoms with E-state index in [1.54, 1.807) is 19.5 Å². The lowest BCUT2D eigenvalue weighted by molar-refractivity contribution is 0.412. The molecule has 1 unspecified atom stereocenters. The molecule has 0 aliphatic rings. The van der Waals surface area contributed by atoms with Crippen LogP contribution in [0, 0.1) is 0 Å². The van der Waals surface area contributed by atoms with Crippen LogP contribution >= 0.6 is 15.9 Å². The monoisotopic (exact) mass is 307 g/mol. The van der Waals surface area contributed by atoms with Crippen LogP contribution in [0.25, 0.3) is 0 Å². The number of nitrogens with two attached hydrogens (primary N) is 1. The van der Waals surface area contributed by atoms with E-state index in [1.165, 1.54) is 6.33 Å². The smallest absolute Gasteiger partial charge is 0.133 e. The molecule has 0 spiro atoms. The molecule has 0 fully saturated rings. The third-order valence-corrected chi connectivity index (χ3v) is 3.30. The number of hydrogen-bond acceptors (Lipinski definition) is 4. The Balaban J connectivity index is 2.12. The van der Waals surface area contributed by atoms with E-state index >= 15 is 0 Å². The van der Waals surface area contributed by atoms with Crippen LogP contribution < -0.4 is 10.5 Å². The van der Waals surface area contributed by atoms with Crippen LogP contribution in [0.3, 0.4) is 0 Å². The van der Waals surface area contributed by atoms with Crippen LogP contribution in [0.15, 0.2) is 41.4 Å². The van der Waals surface area contributed by atoms with E-state index in [-0.39, 0.29) is 6.04 Å². The first-order valence-electron chi connectivity index (χ1n) is 5.53. The molecule has 1 aromatic heterocycles. The Morgan fingerprint density at radius 1 is 1.33 bits per heavy atom. The van der Waals surface area contributed by atoms with Gasteiger partial charge in [-0.25, -0.2) is 9.97 Å². The number of ether oxygens (including phenoxy) is 1. The molecule has 4 nitrogen and oxygen atoms in total. The summed E-state index contributed by atoms with van der Waals surface area (Å²) in [6.45, 7) is 0. The summed E-state index contributed by atoms with van der Waals surface area (Å²) in [4.78, 5) is 7.94. The van der Waals surface area contributed by atoms with E-state index in [2.05, 4.69) is 25.9 Å². The average Bonchev–Trinajstić information content (AvgIpc) is 2.40. The Labute approximate surface area is 114 Å². The maximum absolute atomic E-state index is 6.12. The quantitative estimate of drug-likeness (QED) is 0.942. The zero-order valence-corrected chi connectivity index (χ0v) is 11.6. The highest BCUT2D eigenvalue weighted by Gasteiger charge is 2.09. The van der Waals surface area contributed by atoms with Crippen molar-refractivity contribution in [3.05, 3.63) is 52.5 Å². The van der Waals surface area contributed by atoms with Gasteiger partial charge in [0.1, 0.15) is 12.1 Å². The summed E-state index contributed by atoms with van der Waals surface area (Å²) in [6, 6.07) is 5.84. The summed E-state index contributed by atoms with van der Waals surface area (Å²) in [5.41, 5.74) is 8.19. The van der Waals surface area contributed by atoms with Gasteiger partial charge in [-0.1, -0.05) is 6.07 Å². The molecule has 0 amide bonds. The molecule has 0 saturated heterocycles. The minimum absolute atomic E-state index is 0.105. The van der Waals surface area contributed by atoms with Crippen molar-refractivity contribution in [3.63, 3.8) is 0 Å². The van der Waals surface area contributed by atoms with Crippen LogP contribution in [-0.2, 0) is 6.42 Å². The molecule has 1 heterocycles. The summed E-state index contributed by atoms with van der Waals surface area (Å²) in [5.74, 6) is 0.815. The minimum Gasteiger partial charge on any atom is -0.496 e. The number of halogens is 1. The predicted octanol–water partition coefficient (Wildman–Crippen LogP) is 2.49. The SMILES string of the molecule is COc1ccc(CC(N)c2cncnc2)cc1Br. The summed E-state index contributed by atoms with van der Waals surface area (Å²) >= 11 is 3.46. The fourth-order valence-corrected chi connectivity index (χ4v) is 2.30. The summed E-state index contributed by atoms with van der Waals surface area (Å²) in [7, 11) is 1.65. The van der Waals surface area contributed by atoms with Gasteiger partial charge in [0.2, 0.25) is 0 Å². The fourth-order valence-electron chi connectivity index (χ4n) is 1.71. The van der Waals surface area contributed by atoms with Crippen LogP contribution in [-0.4, -0.2) is 17.1 Å². The minimum atomic E-state index is -0.105. The highest BCUT2D eigenvalue weighted by molar-refractivity contribution is 9.10. The molecular weight excluding hydrogens is 294 g/mol. The van der Waals surface area contributed by atoms with Gasteiger partial charge in [0.25, 0.3) is 0 Å². The van der Waals surface area contributed by atoms with Crippen molar-refractivity contribution in [2.24, 2.45) is 5.73 Å². The summed E-state index contributed by atoms with van der Waals surface area (Å²) in [6.07, 6.45) is 5.72. The molecule has 94 valence electrons. The lowest BCUT2D eigenvalue weighted by Crippen LogP contribution is -2.13. The normalized spacial score (nSPS) is 12.2. The third-order valence-electron chi connectivity index (χ3n) is 2.68. The molecule has 2 N–H and O–H groups in total. The first-order chi connectivity index (χ1) is 8.70. The molecule has 0 bridgehead atoms. The maximum Gasteiger partial charge on any atom is 0.133 e. The van der Waals surface area contributed by atoms with Crippen molar-refractivity contribution in [1.29, 1.82) is 0 Å². The van der Waals surface area contributed by atoms with Gasteiger partial charge in [-0.2, -0.15) is 0 Å². The number of rotatable bonds is 4. The fraction of sp³-hybridized carbons (Fsp3) is 0.231. The second-order valence-electron chi connectivity index (χ2n) is 3.95. The van der Waals surface area contributed by atoms with Gasteiger partial charge in [0, 0.05) is 24.0 Å². The van der Waals surface area contributed by atoms with Crippen molar-refractivity contribution in [1.82, 2.24) is 9.97 Å². The molecule has 0 saturated carbocycles. The predicted molar refractivity (Wildman–Crippen MR) is 73.4 cm³/mol. The number of hydrogen-bond donors (Lipinski definition) is 1. The number of benzene rings is 1. The number of methoxy groups -OCH3 is 1. The highest BCUT2D eigenvalue weighted by Crippen LogP contribution is 2.27. The van der Waals surface area contributed by atoms with Crippen LogP contribution in [0.5, 0.6) is 5.75 Å². The topological polar surface area (TPSA) is 61.0 Å². The highest BCUT2D eigenvalue weighted by atomic mass is 79.9. The van der Waals surface area contributed by atoms with E-state index in [0.29, 0.717) is 0 Å². The second kappa shape index (κ2) is 5.93. The summed E-state index contributed by atoms with van der Waals surface area (Å²) in [5, 5.41) is 0. The van der Waals surface area contributed by atoms with E-state index in [9.17, 15) is 0 Å². The van der Waals surface area contributed by atoms with Crippen molar-refractivity contribution in [2.75, 3.05) is 7.11 Å². The standard InChI is InChI=1S/C13H14BrN3O/c1-18-13-3-2-9(4-11(13)14)5-12(15)10-6-16-8-17-7-10/h2-4,6-8,12H,5,15H2,1H3. The molecule has 5 heteroatoms. The average molecular weight is 308 g/mol. The lowest BCUT2D eigenvalue weighted by Gasteiger charge is -2.12.